The molecule has 0 aliphatic carbocycles. The lowest BCUT2D eigenvalue weighted by Crippen LogP contribution is -2.23. The number of imidazole rings is 1. The number of halogens is 1. The Balaban J connectivity index is 1.61. The molecule has 28 heavy (non-hydrogen) atoms. The zero-order valence-corrected chi connectivity index (χ0v) is 15.8. The number of esters is 1. The molecule has 0 atom stereocenters. The number of aryl methyl sites for hydroxylation is 1. The minimum absolute atomic E-state index is 0.125. The highest BCUT2D eigenvalue weighted by Gasteiger charge is 2.18. The number of methoxy groups -OCH3 is 1. The predicted molar refractivity (Wildman–Crippen MR) is 102 cm³/mol. The molecule has 1 amide bonds. The molecule has 1 N–H and O–H groups in total. The van der Waals surface area contributed by atoms with Gasteiger partial charge in [0.1, 0.15) is 22.4 Å². The molecule has 1 aromatic carbocycles. The lowest BCUT2D eigenvalue weighted by atomic mass is 10.1. The monoisotopic (exact) mass is 398 g/mol. The first-order chi connectivity index (χ1) is 13.5. The summed E-state index contributed by atoms with van der Waals surface area (Å²) in [5.74, 6) is -0.388. The second kappa shape index (κ2) is 6.97. The molecule has 0 unspecified atom stereocenters. The molecule has 0 aliphatic rings. The molecule has 0 bridgehead atoms. The molecule has 0 radical (unpaired) electrons. The van der Waals surface area contributed by atoms with E-state index in [1.165, 1.54) is 19.4 Å². The minimum atomic E-state index is -0.550. The summed E-state index contributed by atoms with van der Waals surface area (Å²) in [7, 11) is 3.09. The van der Waals surface area contributed by atoms with Gasteiger partial charge in [-0.25, -0.2) is 9.78 Å². The number of fused-ring (bicyclic) bond motifs is 2. The van der Waals surface area contributed by atoms with Gasteiger partial charge in [0.25, 0.3) is 5.91 Å². The summed E-state index contributed by atoms with van der Waals surface area (Å²) in [5, 5.41) is 3.83. The third-order valence-electron chi connectivity index (χ3n) is 4.33. The van der Waals surface area contributed by atoms with Gasteiger partial charge in [-0.05, 0) is 18.2 Å². The van der Waals surface area contributed by atoms with E-state index >= 15 is 0 Å². The van der Waals surface area contributed by atoms with Crippen LogP contribution in [0.2, 0.25) is 5.02 Å². The van der Waals surface area contributed by atoms with Gasteiger partial charge in [-0.15, -0.1) is 0 Å². The van der Waals surface area contributed by atoms with E-state index in [9.17, 15) is 9.59 Å². The molecule has 3 aromatic heterocycles. The second-order valence-electron chi connectivity index (χ2n) is 6.17. The molecule has 0 saturated heterocycles. The van der Waals surface area contributed by atoms with Crippen molar-refractivity contribution in [2.75, 3.05) is 7.11 Å². The SMILES string of the molecule is COC(=O)c1cc(Cl)cc2cc(CNC(=O)c3cncc4ncn(C)c34)oc12. The van der Waals surface area contributed by atoms with E-state index in [0.29, 0.717) is 38.3 Å². The van der Waals surface area contributed by atoms with Crippen molar-refractivity contribution in [1.82, 2.24) is 19.9 Å². The summed E-state index contributed by atoms with van der Waals surface area (Å²) in [6.45, 7) is 0.125. The summed E-state index contributed by atoms with van der Waals surface area (Å²) in [4.78, 5) is 32.8. The van der Waals surface area contributed by atoms with Gasteiger partial charge in [0.2, 0.25) is 0 Å². The van der Waals surface area contributed by atoms with Crippen molar-refractivity contribution in [3.63, 3.8) is 0 Å². The van der Waals surface area contributed by atoms with Crippen molar-refractivity contribution in [1.29, 1.82) is 0 Å². The van der Waals surface area contributed by atoms with E-state index < -0.39 is 5.97 Å². The van der Waals surface area contributed by atoms with E-state index in [0.717, 1.165) is 0 Å². The summed E-state index contributed by atoms with van der Waals surface area (Å²) < 4.78 is 12.3. The third-order valence-corrected chi connectivity index (χ3v) is 4.54. The summed E-state index contributed by atoms with van der Waals surface area (Å²) in [6.07, 6.45) is 4.72. The summed E-state index contributed by atoms with van der Waals surface area (Å²) >= 11 is 6.07. The van der Waals surface area contributed by atoms with Crippen LogP contribution < -0.4 is 5.32 Å². The molecule has 142 valence electrons. The molecule has 4 aromatic rings. The zero-order valence-electron chi connectivity index (χ0n) is 15.0. The lowest BCUT2D eigenvalue weighted by molar-refractivity contribution is 0.0601. The van der Waals surface area contributed by atoms with Crippen molar-refractivity contribution in [2.24, 2.45) is 7.05 Å². The maximum absolute atomic E-state index is 12.6. The van der Waals surface area contributed by atoms with Crippen molar-refractivity contribution >= 4 is 45.5 Å². The fourth-order valence-electron chi connectivity index (χ4n) is 3.06. The second-order valence-corrected chi connectivity index (χ2v) is 6.61. The van der Waals surface area contributed by atoms with Crippen LogP contribution in [0.5, 0.6) is 0 Å². The van der Waals surface area contributed by atoms with Crippen LogP contribution in [-0.2, 0) is 18.3 Å². The van der Waals surface area contributed by atoms with Gasteiger partial charge in [-0.3, -0.25) is 9.78 Å². The van der Waals surface area contributed by atoms with Gasteiger partial charge in [0, 0.05) is 23.7 Å². The number of nitrogens with zero attached hydrogens (tertiary/aromatic N) is 3. The minimum Gasteiger partial charge on any atom is -0.465 e. The van der Waals surface area contributed by atoms with Gasteiger partial charge < -0.3 is 19.0 Å². The van der Waals surface area contributed by atoms with E-state index in [-0.39, 0.29) is 18.0 Å². The lowest BCUT2D eigenvalue weighted by Gasteiger charge is -2.05. The normalized spacial score (nSPS) is 11.1. The van der Waals surface area contributed by atoms with Crippen LogP contribution in [0, 0.1) is 0 Å². The molecule has 0 fully saturated rings. The molecular weight excluding hydrogens is 384 g/mol. The smallest absolute Gasteiger partial charge is 0.341 e. The van der Waals surface area contributed by atoms with E-state index in [2.05, 4.69) is 15.3 Å². The number of rotatable bonds is 4. The van der Waals surface area contributed by atoms with Crippen LogP contribution in [-0.4, -0.2) is 33.5 Å². The first-order valence-corrected chi connectivity index (χ1v) is 8.69. The number of hydrogen-bond acceptors (Lipinski definition) is 6. The molecule has 9 heteroatoms. The van der Waals surface area contributed by atoms with Crippen molar-refractivity contribution in [3.05, 3.63) is 58.8 Å². The Morgan fingerprint density at radius 2 is 2.07 bits per heavy atom. The Hall–Kier alpha value is -3.39. The highest BCUT2D eigenvalue weighted by Crippen LogP contribution is 2.28. The quantitative estimate of drug-likeness (QED) is 0.530. The number of carbonyl (C=O) groups is 2. The molecular formula is C19H15ClN4O4. The standard InChI is InChI=1S/C19H15ClN4O4/c1-24-9-23-15-8-21-7-14(16(15)24)18(25)22-6-12-4-10-3-11(20)5-13(17(10)28-12)19(26)27-2/h3-5,7-9H,6H2,1-2H3,(H,22,25). The predicted octanol–water partition coefficient (Wildman–Crippen LogP) is 3.08. The number of carbonyl (C=O) groups excluding carboxylic acids is 2. The average Bonchev–Trinajstić information content (AvgIpc) is 3.28. The third kappa shape index (κ3) is 3.07. The first-order valence-electron chi connectivity index (χ1n) is 8.31. The van der Waals surface area contributed by atoms with Gasteiger partial charge in [0.05, 0.1) is 37.3 Å². The van der Waals surface area contributed by atoms with Crippen LogP contribution in [0.1, 0.15) is 26.5 Å². The zero-order chi connectivity index (χ0) is 19.8. The number of amides is 1. The Labute approximate surface area is 164 Å². The molecule has 0 aliphatic heterocycles. The Morgan fingerprint density at radius 1 is 1.25 bits per heavy atom. The number of aromatic nitrogens is 3. The van der Waals surface area contributed by atoms with E-state index in [1.54, 1.807) is 29.2 Å². The number of ether oxygens (including phenoxy) is 1. The molecule has 0 spiro atoms. The number of benzene rings is 1. The van der Waals surface area contributed by atoms with Gasteiger partial charge in [-0.1, -0.05) is 11.6 Å². The number of nitrogens with one attached hydrogen (secondary N) is 1. The maximum atomic E-state index is 12.6. The van der Waals surface area contributed by atoms with Gasteiger partial charge in [0.15, 0.2) is 0 Å². The van der Waals surface area contributed by atoms with Crippen LogP contribution >= 0.6 is 11.6 Å². The van der Waals surface area contributed by atoms with Crippen molar-refractivity contribution < 1.29 is 18.7 Å². The average molecular weight is 399 g/mol. The molecule has 3 heterocycles. The van der Waals surface area contributed by atoms with E-state index in [4.69, 9.17) is 20.8 Å². The van der Waals surface area contributed by atoms with Crippen molar-refractivity contribution in [2.45, 2.75) is 6.54 Å². The van der Waals surface area contributed by atoms with Crippen LogP contribution in [0.4, 0.5) is 0 Å². The van der Waals surface area contributed by atoms with Gasteiger partial charge >= 0.3 is 5.97 Å². The van der Waals surface area contributed by atoms with Crippen LogP contribution in [0.3, 0.4) is 0 Å². The number of furan rings is 1. The van der Waals surface area contributed by atoms with Crippen LogP contribution in [0.15, 0.2) is 41.3 Å². The Morgan fingerprint density at radius 3 is 2.86 bits per heavy atom. The highest BCUT2D eigenvalue weighted by atomic mass is 35.5. The Kier molecular flexibility index (Phi) is 4.48. The largest absolute Gasteiger partial charge is 0.465 e. The topological polar surface area (TPSA) is 99.2 Å². The number of pyridine rings is 1. The molecule has 0 saturated carbocycles. The van der Waals surface area contributed by atoms with Crippen LogP contribution in [0.25, 0.3) is 22.0 Å². The maximum Gasteiger partial charge on any atom is 0.341 e. The van der Waals surface area contributed by atoms with Crippen molar-refractivity contribution in [3.8, 4) is 0 Å². The fourth-order valence-corrected chi connectivity index (χ4v) is 3.29. The molecule has 4 rings (SSSR count). The summed E-state index contributed by atoms with van der Waals surface area (Å²) in [6, 6.07) is 4.88. The van der Waals surface area contributed by atoms with E-state index in [1.807, 2.05) is 7.05 Å². The first kappa shape index (κ1) is 18.0. The summed E-state index contributed by atoms with van der Waals surface area (Å²) in [5.41, 5.74) is 2.32. The fraction of sp³-hybridized carbons (Fsp3) is 0.158. The molecule has 8 nitrogen and oxygen atoms in total. The highest BCUT2D eigenvalue weighted by molar-refractivity contribution is 6.32. The number of hydrogen-bond donors (Lipinski definition) is 1. The Bertz CT molecular complexity index is 1230. The van der Waals surface area contributed by atoms with Gasteiger partial charge in [-0.2, -0.15) is 0 Å².